The molecule has 0 fully saturated rings. The van der Waals surface area contributed by atoms with Crippen molar-refractivity contribution in [3.8, 4) is 0 Å². The van der Waals surface area contributed by atoms with E-state index in [1.54, 1.807) is 0 Å². The Morgan fingerprint density at radius 1 is 1.53 bits per heavy atom. The van der Waals surface area contributed by atoms with Gasteiger partial charge < -0.3 is 5.32 Å². The lowest BCUT2D eigenvalue weighted by molar-refractivity contribution is -0.383. The fourth-order valence-electron chi connectivity index (χ4n) is 1.25. The zero-order chi connectivity index (χ0) is 14.5. The number of azide groups is 1. The van der Waals surface area contributed by atoms with Crippen LogP contribution in [0.4, 0.5) is 17.1 Å². The van der Waals surface area contributed by atoms with Crippen LogP contribution in [0.2, 0.25) is 0 Å². The van der Waals surface area contributed by atoms with Gasteiger partial charge in [0, 0.05) is 23.2 Å². The van der Waals surface area contributed by atoms with E-state index in [4.69, 9.17) is 10.1 Å². The molecule has 0 atom stereocenters. The quantitative estimate of drug-likeness (QED) is 0.203. The van der Waals surface area contributed by atoms with Gasteiger partial charge in [-0.25, -0.2) is 0 Å². The minimum atomic E-state index is -4.14. The summed E-state index contributed by atoms with van der Waals surface area (Å²) >= 11 is 0. The van der Waals surface area contributed by atoms with Gasteiger partial charge in [0.25, 0.3) is 15.8 Å². The summed E-state index contributed by atoms with van der Waals surface area (Å²) in [6.07, 6.45) is 0. The second-order valence-corrected chi connectivity index (χ2v) is 4.93. The van der Waals surface area contributed by atoms with Crippen molar-refractivity contribution in [3.63, 3.8) is 0 Å². The lowest BCUT2D eigenvalue weighted by Crippen LogP contribution is -2.15. The number of benzene rings is 1. The molecule has 0 aliphatic rings. The van der Waals surface area contributed by atoms with Gasteiger partial charge in [0.05, 0.1) is 10.7 Å². The van der Waals surface area contributed by atoms with Crippen LogP contribution in [0.1, 0.15) is 0 Å². The van der Waals surface area contributed by atoms with Gasteiger partial charge in [-0.2, -0.15) is 8.42 Å². The molecule has 1 rings (SSSR count). The molecule has 102 valence electrons. The average molecular weight is 287 g/mol. The summed E-state index contributed by atoms with van der Waals surface area (Å²) in [4.78, 5) is 12.6. The molecule has 0 amide bonds. The Hall–Kier alpha value is -2.36. The maximum atomic E-state index is 10.8. The second kappa shape index (κ2) is 6.00. The van der Waals surface area contributed by atoms with Crippen molar-refractivity contribution >= 4 is 27.2 Å². The predicted molar refractivity (Wildman–Crippen MR) is 66.8 cm³/mol. The standard InChI is InChI=1S/C8H9N5O5S/c9-12-11-6-1-2-7(8(5-6)13(14)15)10-3-4-19(16,17)18/h1-2,5,10H,3-4H2,(H,16,17,18). The number of nitrogens with one attached hydrogen (secondary N) is 1. The first kappa shape index (κ1) is 14.7. The third-order valence-electron chi connectivity index (χ3n) is 2.01. The van der Waals surface area contributed by atoms with E-state index in [1.165, 1.54) is 12.1 Å². The smallest absolute Gasteiger partial charge is 0.292 e. The number of nitrogens with zero attached hydrogens (tertiary/aromatic N) is 4. The van der Waals surface area contributed by atoms with Crippen LogP contribution in [0, 0.1) is 10.1 Å². The van der Waals surface area contributed by atoms with Crippen molar-refractivity contribution in [3.05, 3.63) is 38.8 Å². The molecule has 19 heavy (non-hydrogen) atoms. The first-order chi connectivity index (χ1) is 8.83. The van der Waals surface area contributed by atoms with E-state index in [-0.39, 0.29) is 23.6 Å². The molecule has 0 unspecified atom stereocenters. The van der Waals surface area contributed by atoms with Crippen LogP contribution < -0.4 is 5.32 Å². The highest BCUT2D eigenvalue weighted by atomic mass is 32.2. The van der Waals surface area contributed by atoms with E-state index in [0.29, 0.717) is 0 Å². The highest BCUT2D eigenvalue weighted by Gasteiger charge is 2.14. The lowest BCUT2D eigenvalue weighted by Gasteiger charge is -2.06. The Kier molecular flexibility index (Phi) is 4.64. The number of hydrogen-bond donors (Lipinski definition) is 2. The molecule has 1 aromatic rings. The first-order valence-electron chi connectivity index (χ1n) is 4.86. The molecular formula is C8H9N5O5S. The molecule has 0 aromatic heterocycles. The van der Waals surface area contributed by atoms with E-state index in [2.05, 4.69) is 15.3 Å². The first-order valence-corrected chi connectivity index (χ1v) is 6.47. The van der Waals surface area contributed by atoms with Crippen LogP contribution in [-0.4, -0.2) is 30.2 Å². The van der Waals surface area contributed by atoms with Crippen LogP contribution in [0.3, 0.4) is 0 Å². The van der Waals surface area contributed by atoms with Crippen molar-refractivity contribution in [2.24, 2.45) is 5.11 Å². The highest BCUT2D eigenvalue weighted by Crippen LogP contribution is 2.29. The van der Waals surface area contributed by atoms with Crippen molar-refractivity contribution in [2.45, 2.75) is 0 Å². The fourth-order valence-corrected chi connectivity index (χ4v) is 1.61. The Labute approximate surface area is 107 Å². The normalized spacial score (nSPS) is 10.6. The zero-order valence-electron chi connectivity index (χ0n) is 9.42. The zero-order valence-corrected chi connectivity index (χ0v) is 10.2. The fraction of sp³-hybridized carbons (Fsp3) is 0.250. The third-order valence-corrected chi connectivity index (χ3v) is 2.73. The van der Waals surface area contributed by atoms with E-state index < -0.39 is 20.8 Å². The number of hydrogen-bond acceptors (Lipinski definition) is 6. The van der Waals surface area contributed by atoms with Gasteiger partial charge in [-0.15, -0.1) is 0 Å². The molecule has 0 heterocycles. The maximum Gasteiger partial charge on any atom is 0.292 e. The molecule has 0 bridgehead atoms. The van der Waals surface area contributed by atoms with Gasteiger partial charge in [0.15, 0.2) is 0 Å². The maximum absolute atomic E-state index is 10.8. The summed E-state index contributed by atoms with van der Waals surface area (Å²) in [5.41, 5.74) is 7.99. The van der Waals surface area contributed by atoms with Gasteiger partial charge in [0.2, 0.25) is 0 Å². The highest BCUT2D eigenvalue weighted by molar-refractivity contribution is 7.85. The molecule has 0 aliphatic carbocycles. The Morgan fingerprint density at radius 2 is 2.21 bits per heavy atom. The van der Waals surface area contributed by atoms with Gasteiger partial charge in [-0.3, -0.25) is 14.7 Å². The molecule has 0 aliphatic heterocycles. The summed E-state index contributed by atoms with van der Waals surface area (Å²) in [7, 11) is -4.14. The molecule has 11 heteroatoms. The minimum absolute atomic E-state index is 0.0607. The van der Waals surface area contributed by atoms with E-state index in [0.717, 1.165) is 6.07 Å². The van der Waals surface area contributed by atoms with Crippen molar-refractivity contribution in [1.29, 1.82) is 0 Å². The van der Waals surface area contributed by atoms with Gasteiger partial charge in [0.1, 0.15) is 5.69 Å². The van der Waals surface area contributed by atoms with Crippen LogP contribution >= 0.6 is 0 Å². The molecule has 2 N–H and O–H groups in total. The SMILES string of the molecule is [N-]=[N+]=Nc1ccc(NCCS(=O)(=O)O)c([N+](=O)[O-])c1. The monoisotopic (exact) mass is 287 g/mol. The van der Waals surface area contributed by atoms with Gasteiger partial charge in [-0.05, 0) is 11.6 Å². The number of nitro benzene ring substituents is 1. The summed E-state index contributed by atoms with van der Waals surface area (Å²) in [6, 6.07) is 3.67. The van der Waals surface area contributed by atoms with Crippen molar-refractivity contribution < 1.29 is 17.9 Å². The van der Waals surface area contributed by atoms with Crippen LogP contribution in [0.25, 0.3) is 10.4 Å². The Bertz CT molecular complexity index is 637. The van der Waals surface area contributed by atoms with Crippen LogP contribution in [-0.2, 0) is 10.1 Å². The van der Waals surface area contributed by atoms with Gasteiger partial charge >= 0.3 is 0 Å². The topological polar surface area (TPSA) is 158 Å². The molecule has 0 saturated heterocycles. The second-order valence-electron chi connectivity index (χ2n) is 3.36. The van der Waals surface area contributed by atoms with E-state index >= 15 is 0 Å². The van der Waals surface area contributed by atoms with E-state index in [1.807, 2.05) is 0 Å². The molecular weight excluding hydrogens is 278 g/mol. The lowest BCUT2D eigenvalue weighted by atomic mass is 10.2. The summed E-state index contributed by atoms with van der Waals surface area (Å²) < 4.78 is 29.5. The molecule has 0 spiro atoms. The number of rotatable bonds is 6. The largest absolute Gasteiger partial charge is 0.378 e. The van der Waals surface area contributed by atoms with Crippen LogP contribution in [0.15, 0.2) is 23.3 Å². The van der Waals surface area contributed by atoms with Crippen molar-refractivity contribution in [2.75, 3.05) is 17.6 Å². The summed E-state index contributed by atoms with van der Waals surface area (Å²) in [6.45, 7) is -0.194. The van der Waals surface area contributed by atoms with Crippen molar-refractivity contribution in [1.82, 2.24) is 0 Å². The minimum Gasteiger partial charge on any atom is -0.378 e. The Morgan fingerprint density at radius 3 is 2.74 bits per heavy atom. The summed E-state index contributed by atoms with van der Waals surface area (Å²) in [5.74, 6) is -0.581. The molecule has 0 saturated carbocycles. The predicted octanol–water partition coefficient (Wildman–Crippen LogP) is 1.84. The number of nitro groups is 1. The van der Waals surface area contributed by atoms with E-state index in [9.17, 15) is 18.5 Å². The average Bonchev–Trinajstić information content (AvgIpc) is 2.29. The molecule has 1 aromatic carbocycles. The Balaban J connectivity index is 2.94. The molecule has 10 nitrogen and oxygen atoms in total. The van der Waals surface area contributed by atoms with Crippen LogP contribution in [0.5, 0.6) is 0 Å². The third kappa shape index (κ3) is 4.79. The summed E-state index contributed by atoms with van der Waals surface area (Å²) in [5, 5.41) is 16.5. The molecule has 0 radical (unpaired) electrons. The van der Waals surface area contributed by atoms with Gasteiger partial charge in [-0.1, -0.05) is 11.2 Å². The number of anilines is 1.